The van der Waals surface area contributed by atoms with Gasteiger partial charge in [0.2, 0.25) is 4.96 Å². The van der Waals surface area contributed by atoms with E-state index in [0.717, 1.165) is 11.1 Å². The van der Waals surface area contributed by atoms with Crippen molar-refractivity contribution in [2.45, 2.75) is 13.5 Å². The quantitative estimate of drug-likeness (QED) is 0.414. The smallest absolute Gasteiger partial charge is 0.335 e. The van der Waals surface area contributed by atoms with Crippen LogP contribution in [0, 0.1) is 6.92 Å². The topological polar surface area (TPSA) is 107 Å². The Morgan fingerprint density at radius 3 is 2.58 bits per heavy atom. The highest BCUT2D eigenvalue weighted by atomic mass is 32.1. The molecule has 0 saturated carbocycles. The number of carboxylic acid groups (broad SMARTS) is 1. The molecule has 164 valence electrons. The Morgan fingerprint density at radius 1 is 1.12 bits per heavy atom. The molecule has 33 heavy (non-hydrogen) atoms. The summed E-state index contributed by atoms with van der Waals surface area (Å²) in [7, 11) is 0. The van der Waals surface area contributed by atoms with Gasteiger partial charge in [0.05, 0.1) is 5.56 Å². The number of nitrogens with zero attached hydrogens (tertiary/aromatic N) is 3. The first-order valence-electron chi connectivity index (χ1n) is 9.99. The van der Waals surface area contributed by atoms with Crippen LogP contribution in [0.5, 0.6) is 5.75 Å². The summed E-state index contributed by atoms with van der Waals surface area (Å²) in [5, 5.41) is 13.3. The number of hydrogen-bond acceptors (Lipinski definition) is 7. The second kappa shape index (κ2) is 8.36. The van der Waals surface area contributed by atoms with Gasteiger partial charge in [-0.3, -0.25) is 4.79 Å². The maximum absolute atomic E-state index is 12.7. The zero-order valence-corrected chi connectivity index (χ0v) is 18.2. The number of ether oxygens (including phenoxy) is 1. The Balaban J connectivity index is 1.35. The molecule has 9 heteroatoms. The molecule has 0 radical (unpaired) electrons. The number of carboxylic acids is 1. The second-order valence-electron chi connectivity index (χ2n) is 7.32. The Hall–Kier alpha value is -4.24. The van der Waals surface area contributed by atoms with E-state index in [2.05, 4.69) is 10.1 Å². The fourth-order valence-corrected chi connectivity index (χ4v) is 4.12. The van der Waals surface area contributed by atoms with Gasteiger partial charge in [-0.05, 0) is 43.3 Å². The first-order valence-corrected chi connectivity index (χ1v) is 10.8. The molecule has 0 amide bonds. The van der Waals surface area contributed by atoms with E-state index in [1.54, 1.807) is 30.3 Å². The largest absolute Gasteiger partial charge is 0.486 e. The van der Waals surface area contributed by atoms with Crippen LogP contribution in [0.15, 0.2) is 69.9 Å². The van der Waals surface area contributed by atoms with Crippen molar-refractivity contribution >= 4 is 28.3 Å². The maximum atomic E-state index is 12.7. The lowest BCUT2D eigenvalue weighted by molar-refractivity contribution is 0.0697. The molecule has 8 nitrogen and oxygen atoms in total. The van der Waals surface area contributed by atoms with Crippen LogP contribution >= 0.6 is 11.3 Å². The number of carbonyl (C=O) groups is 1. The van der Waals surface area contributed by atoms with Crippen molar-refractivity contribution in [2.75, 3.05) is 0 Å². The van der Waals surface area contributed by atoms with E-state index < -0.39 is 5.97 Å². The predicted octanol–water partition coefficient (Wildman–Crippen LogP) is 3.54. The van der Waals surface area contributed by atoms with Crippen molar-refractivity contribution < 1.29 is 19.1 Å². The summed E-state index contributed by atoms with van der Waals surface area (Å²) in [6.07, 6.45) is 1.64. The fraction of sp³-hybridized carbons (Fsp3) is 0.0833. The summed E-state index contributed by atoms with van der Waals surface area (Å²) in [5.74, 6) is 1.22. The van der Waals surface area contributed by atoms with Crippen LogP contribution in [-0.2, 0) is 6.61 Å². The van der Waals surface area contributed by atoms with Gasteiger partial charge < -0.3 is 14.3 Å². The second-order valence-corrected chi connectivity index (χ2v) is 8.33. The standard InChI is InChI=1S/C24H17N3O5S/c1-14-2-8-17(9-3-14)31-13-21-25-24-27(26-21)22(28)20(33-24)12-18-10-11-19(32-18)15-4-6-16(7-5-15)23(29)30/h2-12H,13H2,1H3,(H,29,30). The molecule has 0 saturated heterocycles. The van der Waals surface area contributed by atoms with E-state index in [1.807, 2.05) is 31.2 Å². The number of fused-ring (bicyclic) bond motifs is 1. The lowest BCUT2D eigenvalue weighted by Crippen LogP contribution is -2.23. The van der Waals surface area contributed by atoms with Gasteiger partial charge in [-0.15, -0.1) is 5.10 Å². The maximum Gasteiger partial charge on any atom is 0.335 e. The molecule has 0 fully saturated rings. The SMILES string of the molecule is Cc1ccc(OCc2nc3sc(=Cc4ccc(-c5ccc(C(=O)O)cc5)o4)c(=O)n3n2)cc1. The lowest BCUT2D eigenvalue weighted by atomic mass is 10.1. The van der Waals surface area contributed by atoms with Crippen LogP contribution in [0.3, 0.4) is 0 Å². The van der Waals surface area contributed by atoms with E-state index in [-0.39, 0.29) is 17.7 Å². The Labute approximate surface area is 191 Å². The average molecular weight is 459 g/mol. The number of furan rings is 1. The van der Waals surface area contributed by atoms with Crippen molar-refractivity contribution in [2.24, 2.45) is 0 Å². The van der Waals surface area contributed by atoms with E-state index in [0.29, 0.717) is 32.6 Å². The third-order valence-corrected chi connectivity index (χ3v) is 5.89. The van der Waals surface area contributed by atoms with Gasteiger partial charge >= 0.3 is 5.97 Å². The van der Waals surface area contributed by atoms with Crippen molar-refractivity contribution in [1.82, 2.24) is 14.6 Å². The van der Waals surface area contributed by atoms with Gasteiger partial charge in [-0.25, -0.2) is 4.79 Å². The lowest BCUT2D eigenvalue weighted by Gasteiger charge is -2.03. The van der Waals surface area contributed by atoms with Crippen LogP contribution in [0.25, 0.3) is 22.4 Å². The number of aryl methyl sites for hydroxylation is 1. The van der Waals surface area contributed by atoms with Crippen LogP contribution in [0.4, 0.5) is 0 Å². The van der Waals surface area contributed by atoms with E-state index in [4.69, 9.17) is 14.3 Å². The van der Waals surface area contributed by atoms with Crippen LogP contribution in [-0.4, -0.2) is 25.7 Å². The molecular formula is C24H17N3O5S. The highest BCUT2D eigenvalue weighted by Crippen LogP contribution is 2.23. The fourth-order valence-electron chi connectivity index (χ4n) is 3.21. The first kappa shape index (κ1) is 20.7. The zero-order chi connectivity index (χ0) is 22.9. The van der Waals surface area contributed by atoms with Gasteiger partial charge in [0.1, 0.15) is 28.4 Å². The number of aromatic nitrogens is 3. The summed E-state index contributed by atoms with van der Waals surface area (Å²) >= 11 is 1.21. The average Bonchev–Trinajstić information content (AvgIpc) is 3.51. The van der Waals surface area contributed by atoms with Gasteiger partial charge in [0.25, 0.3) is 5.56 Å². The molecule has 0 aliphatic rings. The van der Waals surface area contributed by atoms with E-state index >= 15 is 0 Å². The van der Waals surface area contributed by atoms with Crippen molar-refractivity contribution in [3.63, 3.8) is 0 Å². The molecule has 3 aromatic heterocycles. The van der Waals surface area contributed by atoms with Gasteiger partial charge in [-0.2, -0.15) is 9.50 Å². The summed E-state index contributed by atoms with van der Waals surface area (Å²) < 4.78 is 13.2. The minimum atomic E-state index is -0.987. The Bertz CT molecular complexity index is 1560. The number of rotatable bonds is 6. The minimum Gasteiger partial charge on any atom is -0.486 e. The van der Waals surface area contributed by atoms with Gasteiger partial charge in [0, 0.05) is 11.6 Å². The molecule has 0 bridgehead atoms. The summed E-state index contributed by atoms with van der Waals surface area (Å²) in [6, 6.07) is 17.5. The summed E-state index contributed by atoms with van der Waals surface area (Å²) in [6.45, 7) is 2.17. The normalized spacial score (nSPS) is 11.8. The highest BCUT2D eigenvalue weighted by molar-refractivity contribution is 7.15. The van der Waals surface area contributed by atoms with E-state index in [9.17, 15) is 9.59 Å². The molecule has 0 aliphatic heterocycles. The molecule has 0 spiro atoms. The highest BCUT2D eigenvalue weighted by Gasteiger charge is 2.12. The molecule has 2 aromatic carbocycles. The number of hydrogen-bond donors (Lipinski definition) is 1. The monoisotopic (exact) mass is 459 g/mol. The van der Waals surface area contributed by atoms with Crippen molar-refractivity contribution in [1.29, 1.82) is 0 Å². The molecule has 3 heterocycles. The van der Waals surface area contributed by atoms with Crippen LogP contribution in [0.2, 0.25) is 0 Å². The zero-order valence-electron chi connectivity index (χ0n) is 17.4. The number of benzene rings is 2. The molecule has 5 aromatic rings. The summed E-state index contributed by atoms with van der Waals surface area (Å²) in [5.41, 5.74) is 1.80. The molecule has 5 rings (SSSR count). The van der Waals surface area contributed by atoms with Gasteiger partial charge in [-0.1, -0.05) is 41.2 Å². The summed E-state index contributed by atoms with van der Waals surface area (Å²) in [4.78, 5) is 28.6. The molecular weight excluding hydrogens is 442 g/mol. The Kier molecular flexibility index (Phi) is 5.23. The first-order chi connectivity index (χ1) is 16.0. The minimum absolute atomic E-state index is 0.165. The van der Waals surface area contributed by atoms with Crippen molar-refractivity contribution in [3.05, 3.63) is 98.3 Å². The molecule has 0 unspecified atom stereocenters. The predicted molar refractivity (Wildman–Crippen MR) is 123 cm³/mol. The molecule has 1 N–H and O–H groups in total. The van der Waals surface area contributed by atoms with Crippen LogP contribution in [0.1, 0.15) is 27.5 Å². The van der Waals surface area contributed by atoms with Gasteiger partial charge in [0.15, 0.2) is 5.82 Å². The third kappa shape index (κ3) is 4.26. The van der Waals surface area contributed by atoms with Crippen molar-refractivity contribution in [3.8, 4) is 17.1 Å². The van der Waals surface area contributed by atoms with Crippen LogP contribution < -0.4 is 14.8 Å². The van der Waals surface area contributed by atoms with E-state index in [1.165, 1.54) is 28.0 Å². The molecule has 0 atom stereocenters. The Morgan fingerprint density at radius 2 is 1.88 bits per heavy atom. The number of aromatic carboxylic acids is 1. The number of thiazole rings is 1. The molecule has 0 aliphatic carbocycles. The third-order valence-electron chi connectivity index (χ3n) is 4.93.